The van der Waals surface area contributed by atoms with Crippen molar-refractivity contribution in [1.29, 1.82) is 0 Å². The number of halogens is 2. The maximum absolute atomic E-state index is 13.9. The molecule has 0 saturated carbocycles. The van der Waals surface area contributed by atoms with Gasteiger partial charge in [-0.3, -0.25) is 15.0 Å². The number of fused-ring (bicyclic) bond motifs is 2. The summed E-state index contributed by atoms with van der Waals surface area (Å²) in [7, 11) is 1.71. The van der Waals surface area contributed by atoms with E-state index in [1.807, 2.05) is 36.8 Å². The van der Waals surface area contributed by atoms with Crippen LogP contribution in [0.1, 0.15) is 30.5 Å². The summed E-state index contributed by atoms with van der Waals surface area (Å²) in [6, 6.07) is 13.8. The molecule has 0 spiro atoms. The smallest absolute Gasteiger partial charge is 0.412 e. The highest BCUT2D eigenvalue weighted by atomic mass is 35.5. The molecule has 1 N–H and O–H groups in total. The van der Waals surface area contributed by atoms with Crippen LogP contribution in [0.5, 0.6) is 0 Å². The summed E-state index contributed by atoms with van der Waals surface area (Å²) in [6.45, 7) is 3.51. The van der Waals surface area contributed by atoms with Crippen LogP contribution in [0.2, 0.25) is 5.02 Å². The molecule has 4 aromatic rings. The van der Waals surface area contributed by atoms with Crippen molar-refractivity contribution in [2.45, 2.75) is 44.8 Å². The summed E-state index contributed by atoms with van der Waals surface area (Å²) in [5.41, 5.74) is 1.77. The van der Waals surface area contributed by atoms with Crippen molar-refractivity contribution in [2.75, 3.05) is 32.1 Å². The fourth-order valence-electron chi connectivity index (χ4n) is 5.20. The number of amides is 2. The third-order valence-electron chi connectivity index (χ3n) is 7.70. The molecule has 0 bridgehead atoms. The van der Waals surface area contributed by atoms with Crippen LogP contribution in [0.15, 0.2) is 67.3 Å². The number of nitrogens with zero attached hydrogens (tertiary/aromatic N) is 5. The van der Waals surface area contributed by atoms with Gasteiger partial charge in [0.25, 0.3) is 0 Å². The Morgan fingerprint density at radius 3 is 2.83 bits per heavy atom. The van der Waals surface area contributed by atoms with E-state index >= 15 is 0 Å². The lowest BCUT2D eigenvalue weighted by atomic mass is 10.1. The minimum absolute atomic E-state index is 0.0230. The van der Waals surface area contributed by atoms with Gasteiger partial charge >= 0.3 is 6.09 Å². The molecule has 3 heterocycles. The van der Waals surface area contributed by atoms with Gasteiger partial charge in [0.2, 0.25) is 5.91 Å². The molecule has 0 saturated heterocycles. The summed E-state index contributed by atoms with van der Waals surface area (Å²) < 4.78 is 21.6. The average Bonchev–Trinajstić information content (AvgIpc) is 3.47. The molecule has 5 rings (SSSR count). The van der Waals surface area contributed by atoms with Gasteiger partial charge in [0.15, 0.2) is 0 Å². The summed E-state index contributed by atoms with van der Waals surface area (Å²) in [5, 5.41) is 4.64. The second-order valence-electron chi connectivity index (χ2n) is 10.5. The summed E-state index contributed by atoms with van der Waals surface area (Å²) >= 11 is 6.09. The number of rotatable bonds is 11. The monoisotopic (exact) mass is 592 g/mol. The number of carbonyl (C=O) groups excluding carboxylic acids is 2. The Kier molecular flexibility index (Phi) is 9.66. The molecule has 2 aromatic carbocycles. The number of hydrogen-bond acceptors (Lipinski definition) is 6. The number of nitrogens with one attached hydrogen (secondary N) is 1. The van der Waals surface area contributed by atoms with Crippen LogP contribution in [0, 0.1) is 5.82 Å². The Morgan fingerprint density at radius 2 is 1.98 bits per heavy atom. The van der Waals surface area contributed by atoms with E-state index in [0.29, 0.717) is 24.2 Å². The van der Waals surface area contributed by atoms with Crippen LogP contribution < -0.4 is 5.32 Å². The largest absolute Gasteiger partial charge is 0.447 e. The van der Waals surface area contributed by atoms with Crippen molar-refractivity contribution in [2.24, 2.45) is 0 Å². The lowest BCUT2D eigenvalue weighted by Gasteiger charge is -2.31. The predicted molar refractivity (Wildman–Crippen MR) is 160 cm³/mol. The van der Waals surface area contributed by atoms with Gasteiger partial charge in [0.1, 0.15) is 18.2 Å². The Bertz CT molecular complexity index is 1550. The number of imidazole rings is 1. The summed E-state index contributed by atoms with van der Waals surface area (Å²) in [6.07, 6.45) is 6.71. The van der Waals surface area contributed by atoms with Gasteiger partial charge < -0.3 is 14.2 Å². The Hall–Kier alpha value is -4.02. The fourth-order valence-corrected chi connectivity index (χ4v) is 5.42. The van der Waals surface area contributed by atoms with Crippen molar-refractivity contribution in [3.8, 4) is 0 Å². The molecule has 220 valence electrons. The van der Waals surface area contributed by atoms with Gasteiger partial charge in [-0.1, -0.05) is 48.0 Å². The van der Waals surface area contributed by atoms with Crippen LogP contribution in [0.4, 0.5) is 15.0 Å². The normalized spacial score (nSPS) is 13.9. The number of benzene rings is 2. The Labute approximate surface area is 249 Å². The molecular formula is C31H34ClFN6O3. The van der Waals surface area contributed by atoms with Crippen LogP contribution in [-0.4, -0.2) is 69.1 Å². The van der Waals surface area contributed by atoms with Crippen molar-refractivity contribution in [3.05, 3.63) is 89.3 Å². The summed E-state index contributed by atoms with van der Waals surface area (Å²) in [5.74, 6) is -0.257. The molecule has 11 heteroatoms. The van der Waals surface area contributed by atoms with Crippen LogP contribution in [-0.2, 0) is 29.0 Å². The maximum atomic E-state index is 13.9. The number of likely N-dealkylation sites (N-methyl/N-ethyl adjacent to an activating group) is 1. The third kappa shape index (κ3) is 7.43. The molecule has 0 radical (unpaired) electrons. The molecule has 0 unspecified atom stereocenters. The van der Waals surface area contributed by atoms with Crippen LogP contribution >= 0.6 is 11.6 Å². The summed E-state index contributed by atoms with van der Waals surface area (Å²) in [4.78, 5) is 38.4. The predicted octanol–water partition coefficient (Wildman–Crippen LogP) is 5.53. The van der Waals surface area contributed by atoms with E-state index in [1.54, 1.807) is 36.3 Å². The fraction of sp³-hybridized carbons (Fsp3) is 0.355. The molecule has 1 aliphatic heterocycles. The highest BCUT2D eigenvalue weighted by Gasteiger charge is 2.23. The molecule has 0 fully saturated rings. The van der Waals surface area contributed by atoms with E-state index in [1.165, 1.54) is 11.8 Å². The van der Waals surface area contributed by atoms with Gasteiger partial charge in [-0.2, -0.15) is 0 Å². The molecule has 0 aliphatic carbocycles. The quantitative estimate of drug-likeness (QED) is 0.246. The van der Waals surface area contributed by atoms with E-state index in [2.05, 4.69) is 24.8 Å². The zero-order valence-electron chi connectivity index (χ0n) is 23.5. The number of ether oxygens (including phenoxy) is 1. The topological polar surface area (TPSA) is 92.6 Å². The SMILES string of the molecule is CN(C(=O)CCc1cccc(F)c1Cl)[C@@H](CCCN1CCn2cncc2C1)COC(=O)Nc1cc2ccccc2cn1. The molecule has 42 heavy (non-hydrogen) atoms. The minimum atomic E-state index is -0.639. The van der Waals surface area contributed by atoms with E-state index in [9.17, 15) is 14.0 Å². The van der Waals surface area contributed by atoms with E-state index in [0.717, 1.165) is 43.4 Å². The average molecular weight is 593 g/mol. The highest BCUT2D eigenvalue weighted by molar-refractivity contribution is 6.31. The number of anilines is 1. The zero-order chi connectivity index (χ0) is 29.5. The molecule has 1 atom stereocenters. The minimum Gasteiger partial charge on any atom is -0.447 e. The van der Waals surface area contributed by atoms with Gasteiger partial charge in [0, 0.05) is 50.9 Å². The second-order valence-corrected chi connectivity index (χ2v) is 10.9. The molecule has 2 amide bonds. The maximum Gasteiger partial charge on any atom is 0.412 e. The Morgan fingerprint density at radius 1 is 1.14 bits per heavy atom. The zero-order valence-corrected chi connectivity index (χ0v) is 24.3. The lowest BCUT2D eigenvalue weighted by molar-refractivity contribution is -0.133. The van der Waals surface area contributed by atoms with Crippen molar-refractivity contribution < 1.29 is 18.7 Å². The standard InChI is InChI=1S/C31H34ClFN6O3/c1-37(29(40)12-11-22-8-4-10-27(33)30(22)32)25(9-5-13-38-14-15-39-21-34-18-26(39)19-38)20-42-31(41)36-28-16-23-6-2-3-7-24(23)17-35-28/h2-4,6-8,10,16-18,21,25H,5,9,11-15,19-20H2,1H3,(H,35,36,41)/t25-/m0/s1. The molecule has 9 nitrogen and oxygen atoms in total. The van der Waals surface area contributed by atoms with E-state index < -0.39 is 11.9 Å². The first kappa shape index (κ1) is 29.5. The molecule has 1 aliphatic rings. The van der Waals surface area contributed by atoms with Crippen molar-refractivity contribution in [3.63, 3.8) is 0 Å². The van der Waals surface area contributed by atoms with Crippen molar-refractivity contribution in [1.82, 2.24) is 24.3 Å². The van der Waals surface area contributed by atoms with Crippen molar-refractivity contribution >= 4 is 40.2 Å². The number of carbonyl (C=O) groups is 2. The van der Waals surface area contributed by atoms with Gasteiger partial charge in [0.05, 0.1) is 23.1 Å². The van der Waals surface area contributed by atoms with E-state index in [-0.39, 0.29) is 30.0 Å². The van der Waals surface area contributed by atoms with Gasteiger partial charge in [-0.15, -0.1) is 0 Å². The number of hydrogen-bond donors (Lipinski definition) is 1. The number of pyridine rings is 1. The molecular weight excluding hydrogens is 559 g/mol. The van der Waals surface area contributed by atoms with Gasteiger partial charge in [-0.25, -0.2) is 19.2 Å². The third-order valence-corrected chi connectivity index (χ3v) is 8.13. The first-order valence-corrected chi connectivity index (χ1v) is 14.4. The molecule has 2 aromatic heterocycles. The second kappa shape index (κ2) is 13.8. The van der Waals surface area contributed by atoms with Gasteiger partial charge in [-0.05, 0) is 48.9 Å². The number of aromatic nitrogens is 3. The lowest BCUT2D eigenvalue weighted by Crippen LogP contribution is -2.42. The van der Waals surface area contributed by atoms with E-state index in [4.69, 9.17) is 16.3 Å². The first-order valence-electron chi connectivity index (χ1n) is 14.1. The van der Waals surface area contributed by atoms with Crippen LogP contribution in [0.3, 0.4) is 0 Å². The van der Waals surface area contributed by atoms with Crippen LogP contribution in [0.25, 0.3) is 10.8 Å². The first-order chi connectivity index (χ1) is 20.4. The highest BCUT2D eigenvalue weighted by Crippen LogP contribution is 2.22. The Balaban J connectivity index is 1.18. The number of aryl methyl sites for hydroxylation is 1.